The van der Waals surface area contributed by atoms with Crippen LogP contribution < -0.4 is 0 Å². The summed E-state index contributed by atoms with van der Waals surface area (Å²) >= 11 is 0. The lowest BCUT2D eigenvalue weighted by molar-refractivity contribution is -0.137. The Bertz CT molecular complexity index is 589. The first-order chi connectivity index (χ1) is 11.4. The fourth-order valence-electron chi connectivity index (χ4n) is 4.15. The normalized spacial score (nSPS) is 27.8. The Balaban J connectivity index is 1.64. The maximum atomic E-state index is 13.1. The highest BCUT2D eigenvalue weighted by atomic mass is 19.1. The number of likely N-dealkylation sites (N-methyl/N-ethyl adjacent to an activating group) is 1. The third kappa shape index (κ3) is 3.33. The molecule has 1 aromatic rings. The number of benzene rings is 1. The predicted molar refractivity (Wildman–Crippen MR) is 93.0 cm³/mol. The molecular formula is C19H28FN3O. The second-order valence-electron chi connectivity index (χ2n) is 7.70. The zero-order valence-corrected chi connectivity index (χ0v) is 15.0. The molecule has 0 radical (unpaired) electrons. The molecular weight excluding hydrogens is 305 g/mol. The Morgan fingerprint density at radius 2 is 2.00 bits per heavy atom. The summed E-state index contributed by atoms with van der Waals surface area (Å²) in [5.74, 6) is 0.501. The smallest absolute Gasteiger partial charge is 0.230 e. The lowest BCUT2D eigenvalue weighted by atomic mass is 9.78. The zero-order valence-electron chi connectivity index (χ0n) is 15.0. The van der Waals surface area contributed by atoms with Crippen molar-refractivity contribution >= 4 is 5.91 Å². The van der Waals surface area contributed by atoms with Crippen LogP contribution in [0.1, 0.15) is 18.9 Å². The van der Waals surface area contributed by atoms with E-state index in [0.29, 0.717) is 11.8 Å². The van der Waals surface area contributed by atoms with E-state index in [1.54, 1.807) is 0 Å². The molecule has 2 aliphatic heterocycles. The third-order valence-corrected chi connectivity index (χ3v) is 5.66. The molecule has 1 aromatic carbocycles. The van der Waals surface area contributed by atoms with Crippen LogP contribution in [0, 0.1) is 17.2 Å². The van der Waals surface area contributed by atoms with Crippen LogP contribution in [0.25, 0.3) is 0 Å². The summed E-state index contributed by atoms with van der Waals surface area (Å²) in [5.41, 5.74) is 0.891. The lowest BCUT2D eigenvalue weighted by Gasteiger charge is -2.27. The van der Waals surface area contributed by atoms with Gasteiger partial charge in [-0.15, -0.1) is 0 Å². The topological polar surface area (TPSA) is 26.8 Å². The van der Waals surface area contributed by atoms with Crippen LogP contribution in [-0.4, -0.2) is 67.4 Å². The van der Waals surface area contributed by atoms with E-state index in [4.69, 9.17) is 0 Å². The number of rotatable bonds is 5. The highest BCUT2D eigenvalue weighted by molar-refractivity contribution is 5.86. The fraction of sp³-hybridized carbons (Fsp3) is 0.632. The van der Waals surface area contributed by atoms with Crippen LogP contribution in [0.5, 0.6) is 0 Å². The Morgan fingerprint density at radius 1 is 1.29 bits per heavy atom. The molecule has 2 saturated heterocycles. The number of hydrogen-bond donors (Lipinski definition) is 0. The van der Waals surface area contributed by atoms with E-state index in [1.807, 2.05) is 31.1 Å². The molecule has 0 aliphatic carbocycles. The standard InChI is InChI=1S/C19H28FN3O/c1-15-12-22(13-16-4-6-17(20)7-5-16)14-19(15)8-9-23(18(19)24)11-10-21(2)3/h4-7,15H,8-14H2,1-3H3/t15-,19-/m1/s1. The average Bonchev–Trinajstić information content (AvgIpc) is 3.02. The van der Waals surface area contributed by atoms with Crippen molar-refractivity contribution < 1.29 is 9.18 Å². The van der Waals surface area contributed by atoms with Gasteiger partial charge in [0, 0.05) is 39.3 Å². The van der Waals surface area contributed by atoms with Gasteiger partial charge in [0.2, 0.25) is 5.91 Å². The van der Waals surface area contributed by atoms with Crippen molar-refractivity contribution in [3.05, 3.63) is 35.6 Å². The quantitative estimate of drug-likeness (QED) is 0.825. The number of nitrogens with zero attached hydrogens (tertiary/aromatic N) is 3. The molecule has 2 aliphatic rings. The van der Waals surface area contributed by atoms with E-state index in [2.05, 4.69) is 16.7 Å². The Kier molecular flexibility index (Phi) is 4.92. The fourth-order valence-corrected chi connectivity index (χ4v) is 4.15. The molecule has 24 heavy (non-hydrogen) atoms. The molecule has 4 nitrogen and oxygen atoms in total. The SMILES string of the molecule is C[C@@H]1CN(Cc2ccc(F)cc2)C[C@]12CCN(CCN(C)C)C2=O. The number of carbonyl (C=O) groups excluding carboxylic acids is 1. The predicted octanol–water partition coefficient (Wildman–Crippen LogP) is 2.06. The Morgan fingerprint density at radius 3 is 2.67 bits per heavy atom. The van der Waals surface area contributed by atoms with Crippen molar-refractivity contribution in [2.45, 2.75) is 19.9 Å². The largest absolute Gasteiger partial charge is 0.341 e. The van der Waals surface area contributed by atoms with Gasteiger partial charge in [0.05, 0.1) is 5.41 Å². The summed E-state index contributed by atoms with van der Waals surface area (Å²) in [6, 6.07) is 6.69. The van der Waals surface area contributed by atoms with Gasteiger partial charge in [-0.05, 0) is 44.1 Å². The van der Waals surface area contributed by atoms with Gasteiger partial charge in [-0.3, -0.25) is 9.69 Å². The zero-order chi connectivity index (χ0) is 17.3. The van der Waals surface area contributed by atoms with E-state index in [1.165, 1.54) is 12.1 Å². The number of hydrogen-bond acceptors (Lipinski definition) is 3. The summed E-state index contributed by atoms with van der Waals surface area (Å²) < 4.78 is 13.1. The van der Waals surface area contributed by atoms with Gasteiger partial charge in [-0.2, -0.15) is 0 Å². The van der Waals surface area contributed by atoms with Crippen LogP contribution >= 0.6 is 0 Å². The highest BCUT2D eigenvalue weighted by Crippen LogP contribution is 2.44. The molecule has 1 spiro atoms. The van der Waals surface area contributed by atoms with Crippen molar-refractivity contribution in [2.75, 3.05) is 46.8 Å². The molecule has 132 valence electrons. The summed E-state index contributed by atoms with van der Waals surface area (Å²) in [7, 11) is 4.08. The monoisotopic (exact) mass is 333 g/mol. The molecule has 1 amide bonds. The molecule has 0 bridgehead atoms. The van der Waals surface area contributed by atoms with Gasteiger partial charge in [0.25, 0.3) is 0 Å². The molecule has 3 rings (SSSR count). The van der Waals surface area contributed by atoms with Crippen LogP contribution in [0.15, 0.2) is 24.3 Å². The maximum absolute atomic E-state index is 13.1. The first kappa shape index (κ1) is 17.4. The number of carbonyl (C=O) groups is 1. The molecule has 2 heterocycles. The van der Waals surface area contributed by atoms with Crippen molar-refractivity contribution in [1.82, 2.24) is 14.7 Å². The highest BCUT2D eigenvalue weighted by Gasteiger charge is 2.54. The van der Waals surface area contributed by atoms with Crippen LogP contribution in [-0.2, 0) is 11.3 Å². The van der Waals surface area contributed by atoms with Crippen LogP contribution in [0.2, 0.25) is 0 Å². The molecule has 0 aromatic heterocycles. The second kappa shape index (κ2) is 6.81. The number of amides is 1. The van der Waals surface area contributed by atoms with Crippen molar-refractivity contribution in [3.63, 3.8) is 0 Å². The van der Waals surface area contributed by atoms with Crippen molar-refractivity contribution in [3.8, 4) is 0 Å². The minimum absolute atomic E-state index is 0.201. The lowest BCUT2D eigenvalue weighted by Crippen LogP contribution is -2.41. The van der Waals surface area contributed by atoms with Gasteiger partial charge >= 0.3 is 0 Å². The van der Waals surface area contributed by atoms with Crippen molar-refractivity contribution in [1.29, 1.82) is 0 Å². The Hall–Kier alpha value is -1.46. The molecule has 2 fully saturated rings. The van der Waals surface area contributed by atoms with Crippen molar-refractivity contribution in [2.24, 2.45) is 11.3 Å². The molecule has 0 unspecified atom stereocenters. The Labute approximate surface area is 144 Å². The summed E-state index contributed by atoms with van der Waals surface area (Å²) in [5, 5.41) is 0. The minimum Gasteiger partial charge on any atom is -0.341 e. The van der Waals surface area contributed by atoms with Gasteiger partial charge in [0.15, 0.2) is 0 Å². The molecule has 0 N–H and O–H groups in total. The van der Waals surface area contributed by atoms with E-state index >= 15 is 0 Å². The minimum atomic E-state index is -0.216. The number of halogens is 1. The maximum Gasteiger partial charge on any atom is 0.230 e. The van der Waals surface area contributed by atoms with Gasteiger partial charge in [-0.25, -0.2) is 4.39 Å². The summed E-state index contributed by atoms with van der Waals surface area (Å²) in [6.07, 6.45) is 0.959. The van der Waals surface area contributed by atoms with E-state index in [-0.39, 0.29) is 11.2 Å². The van der Waals surface area contributed by atoms with E-state index in [9.17, 15) is 9.18 Å². The summed E-state index contributed by atoms with van der Waals surface area (Å²) in [4.78, 5) is 19.5. The number of likely N-dealkylation sites (tertiary alicyclic amines) is 2. The van der Waals surface area contributed by atoms with Gasteiger partial charge < -0.3 is 9.80 Å². The molecule has 0 saturated carbocycles. The average molecular weight is 333 g/mol. The third-order valence-electron chi connectivity index (χ3n) is 5.66. The van der Waals surface area contributed by atoms with E-state index in [0.717, 1.165) is 51.3 Å². The molecule has 5 heteroatoms. The van der Waals surface area contributed by atoms with E-state index < -0.39 is 0 Å². The molecule has 2 atom stereocenters. The second-order valence-corrected chi connectivity index (χ2v) is 7.70. The van der Waals surface area contributed by atoms with Crippen LogP contribution in [0.4, 0.5) is 4.39 Å². The summed E-state index contributed by atoms with van der Waals surface area (Å²) in [6.45, 7) is 7.36. The van der Waals surface area contributed by atoms with Gasteiger partial charge in [0.1, 0.15) is 5.82 Å². The first-order valence-corrected chi connectivity index (χ1v) is 8.81. The van der Waals surface area contributed by atoms with Gasteiger partial charge in [-0.1, -0.05) is 19.1 Å². The van der Waals surface area contributed by atoms with Crippen LogP contribution in [0.3, 0.4) is 0 Å². The first-order valence-electron chi connectivity index (χ1n) is 8.81.